The van der Waals surface area contributed by atoms with Crippen molar-refractivity contribution in [2.75, 3.05) is 0 Å². The molecule has 2 rings (SSSR count). The van der Waals surface area contributed by atoms with Crippen LogP contribution in [0.3, 0.4) is 0 Å². The van der Waals surface area contributed by atoms with Crippen LogP contribution in [0.15, 0.2) is 12.4 Å². The van der Waals surface area contributed by atoms with Crippen LogP contribution in [0.25, 0.3) is 10.8 Å². The quantitative estimate of drug-likeness (QED) is 0.901. The number of hydrogen-bond donors (Lipinski definition) is 1. The zero-order valence-corrected chi connectivity index (χ0v) is 10.9. The zero-order chi connectivity index (χ0) is 12.3. The Bertz CT molecular complexity index is 490. The van der Waals surface area contributed by atoms with E-state index in [4.69, 9.17) is 5.73 Å². The first-order chi connectivity index (χ1) is 8.24. The largest absolute Gasteiger partial charge is 0.326 e. The van der Waals surface area contributed by atoms with Gasteiger partial charge in [0, 0.05) is 23.8 Å². The molecule has 4 nitrogen and oxygen atoms in total. The summed E-state index contributed by atoms with van der Waals surface area (Å²) < 4.78 is 0. The highest BCUT2D eigenvalue weighted by Gasteiger charge is 2.12. The fraction of sp³-hybridized carbons (Fsp3) is 0.417. The summed E-state index contributed by atoms with van der Waals surface area (Å²) >= 11 is 1.60. The van der Waals surface area contributed by atoms with E-state index < -0.39 is 0 Å². The molecular weight excluding hydrogens is 232 g/mol. The second kappa shape index (κ2) is 5.33. The van der Waals surface area contributed by atoms with Crippen molar-refractivity contribution in [3.05, 3.63) is 28.5 Å². The van der Waals surface area contributed by atoms with Crippen LogP contribution in [0.5, 0.6) is 0 Å². The minimum Gasteiger partial charge on any atom is -0.326 e. The molecule has 5 heteroatoms. The lowest BCUT2D eigenvalue weighted by molar-refractivity contribution is 0.870. The highest BCUT2D eigenvalue weighted by molar-refractivity contribution is 7.15. The Morgan fingerprint density at radius 1 is 1.29 bits per heavy atom. The number of rotatable bonds is 4. The first kappa shape index (κ1) is 12.1. The monoisotopic (exact) mass is 248 g/mol. The number of aryl methyl sites for hydroxylation is 2. The van der Waals surface area contributed by atoms with Gasteiger partial charge in [0.25, 0.3) is 0 Å². The van der Waals surface area contributed by atoms with Crippen LogP contribution in [0.1, 0.15) is 29.5 Å². The Kier molecular flexibility index (Phi) is 3.81. The molecule has 0 unspecified atom stereocenters. The van der Waals surface area contributed by atoms with Crippen LogP contribution in [0.4, 0.5) is 0 Å². The van der Waals surface area contributed by atoms with Crippen molar-refractivity contribution in [1.82, 2.24) is 15.0 Å². The Morgan fingerprint density at radius 3 is 2.59 bits per heavy atom. The number of aromatic nitrogens is 3. The van der Waals surface area contributed by atoms with Crippen LogP contribution in [-0.2, 0) is 13.0 Å². The SMILES string of the molecule is CCCc1nc(-c2ncc(C)cn2)sc1CN. The van der Waals surface area contributed by atoms with Gasteiger partial charge in [0.2, 0.25) is 0 Å². The summed E-state index contributed by atoms with van der Waals surface area (Å²) in [5.41, 5.74) is 7.88. The fourth-order valence-corrected chi connectivity index (χ4v) is 2.51. The average molecular weight is 248 g/mol. The number of thiazole rings is 1. The van der Waals surface area contributed by atoms with Crippen molar-refractivity contribution in [2.24, 2.45) is 5.73 Å². The molecule has 2 aromatic rings. The molecule has 0 radical (unpaired) electrons. The van der Waals surface area contributed by atoms with Gasteiger partial charge in [0.1, 0.15) is 0 Å². The minimum absolute atomic E-state index is 0.541. The van der Waals surface area contributed by atoms with E-state index in [0.717, 1.165) is 34.0 Å². The van der Waals surface area contributed by atoms with Crippen LogP contribution in [-0.4, -0.2) is 15.0 Å². The van der Waals surface area contributed by atoms with Crippen molar-refractivity contribution in [3.63, 3.8) is 0 Å². The summed E-state index contributed by atoms with van der Waals surface area (Å²) in [5, 5.41) is 0.869. The highest BCUT2D eigenvalue weighted by atomic mass is 32.1. The zero-order valence-electron chi connectivity index (χ0n) is 10.1. The third kappa shape index (κ3) is 2.68. The summed E-state index contributed by atoms with van der Waals surface area (Å²) in [6.07, 6.45) is 5.66. The van der Waals surface area contributed by atoms with E-state index in [1.165, 1.54) is 0 Å². The minimum atomic E-state index is 0.541. The molecule has 17 heavy (non-hydrogen) atoms. The maximum absolute atomic E-state index is 5.73. The smallest absolute Gasteiger partial charge is 0.188 e. The van der Waals surface area contributed by atoms with Gasteiger partial charge in [-0.25, -0.2) is 15.0 Å². The molecule has 0 aliphatic heterocycles. The van der Waals surface area contributed by atoms with Crippen molar-refractivity contribution in [3.8, 4) is 10.8 Å². The molecule has 0 saturated heterocycles. The first-order valence-corrected chi connectivity index (χ1v) is 6.54. The number of hydrogen-bond acceptors (Lipinski definition) is 5. The Hall–Kier alpha value is -1.33. The molecule has 0 fully saturated rings. The van der Waals surface area contributed by atoms with Crippen molar-refractivity contribution < 1.29 is 0 Å². The number of nitrogens with zero attached hydrogens (tertiary/aromatic N) is 3. The van der Waals surface area contributed by atoms with Crippen LogP contribution in [0, 0.1) is 6.92 Å². The van der Waals surface area contributed by atoms with Gasteiger partial charge in [-0.2, -0.15) is 0 Å². The molecule has 0 spiro atoms. The summed E-state index contributed by atoms with van der Waals surface area (Å²) in [5.74, 6) is 0.692. The molecule has 0 aliphatic carbocycles. The van der Waals surface area contributed by atoms with Gasteiger partial charge in [-0.3, -0.25) is 0 Å². The van der Waals surface area contributed by atoms with Crippen molar-refractivity contribution in [2.45, 2.75) is 33.2 Å². The second-order valence-electron chi connectivity index (χ2n) is 3.93. The van der Waals surface area contributed by atoms with Gasteiger partial charge in [0.05, 0.1) is 5.69 Å². The lowest BCUT2D eigenvalue weighted by Gasteiger charge is -1.95. The van der Waals surface area contributed by atoms with E-state index in [-0.39, 0.29) is 0 Å². The summed E-state index contributed by atoms with van der Waals surface area (Å²) in [6.45, 7) is 4.65. The third-order valence-corrected chi connectivity index (χ3v) is 3.54. The molecule has 0 amide bonds. The fourth-order valence-electron chi connectivity index (χ4n) is 1.57. The van der Waals surface area contributed by atoms with E-state index >= 15 is 0 Å². The molecule has 90 valence electrons. The van der Waals surface area contributed by atoms with E-state index in [2.05, 4.69) is 21.9 Å². The van der Waals surface area contributed by atoms with Gasteiger partial charge >= 0.3 is 0 Å². The van der Waals surface area contributed by atoms with Gasteiger partial charge < -0.3 is 5.73 Å². The molecule has 0 aromatic carbocycles. The maximum Gasteiger partial charge on any atom is 0.188 e. The summed E-state index contributed by atoms with van der Waals surface area (Å²) in [4.78, 5) is 14.3. The topological polar surface area (TPSA) is 64.7 Å². The van der Waals surface area contributed by atoms with E-state index in [1.54, 1.807) is 11.3 Å². The Labute approximate surface area is 105 Å². The molecule has 0 bridgehead atoms. The lowest BCUT2D eigenvalue weighted by atomic mass is 10.2. The lowest BCUT2D eigenvalue weighted by Crippen LogP contribution is -1.98. The van der Waals surface area contributed by atoms with Gasteiger partial charge in [0.15, 0.2) is 10.8 Å². The molecule has 2 heterocycles. The number of nitrogens with two attached hydrogens (primary N) is 1. The van der Waals surface area contributed by atoms with Crippen LogP contribution in [0.2, 0.25) is 0 Å². The van der Waals surface area contributed by atoms with Crippen molar-refractivity contribution in [1.29, 1.82) is 0 Å². The Balaban J connectivity index is 2.35. The van der Waals surface area contributed by atoms with E-state index in [0.29, 0.717) is 12.4 Å². The molecule has 0 atom stereocenters. The van der Waals surface area contributed by atoms with Gasteiger partial charge in [-0.15, -0.1) is 11.3 Å². The van der Waals surface area contributed by atoms with Gasteiger partial charge in [-0.05, 0) is 18.9 Å². The van der Waals surface area contributed by atoms with Crippen LogP contribution < -0.4 is 5.73 Å². The first-order valence-electron chi connectivity index (χ1n) is 5.72. The summed E-state index contributed by atoms with van der Waals surface area (Å²) in [6, 6.07) is 0. The van der Waals surface area contributed by atoms with E-state index in [9.17, 15) is 0 Å². The standard InChI is InChI=1S/C12H16N4S/c1-3-4-9-10(5-13)17-12(16-9)11-14-6-8(2)7-15-11/h6-7H,3-5,13H2,1-2H3. The molecule has 0 saturated carbocycles. The second-order valence-corrected chi connectivity index (χ2v) is 5.01. The highest BCUT2D eigenvalue weighted by Crippen LogP contribution is 2.26. The Morgan fingerprint density at radius 2 is 2.00 bits per heavy atom. The van der Waals surface area contributed by atoms with Crippen molar-refractivity contribution >= 4 is 11.3 Å². The molecule has 0 aliphatic rings. The third-order valence-electron chi connectivity index (χ3n) is 2.42. The average Bonchev–Trinajstić information content (AvgIpc) is 2.74. The molecule has 2 N–H and O–H groups in total. The van der Waals surface area contributed by atoms with E-state index in [1.807, 2.05) is 19.3 Å². The van der Waals surface area contributed by atoms with Crippen LogP contribution >= 0.6 is 11.3 Å². The predicted octanol–water partition coefficient (Wildman–Crippen LogP) is 2.32. The predicted molar refractivity (Wildman–Crippen MR) is 69.8 cm³/mol. The normalized spacial score (nSPS) is 10.8. The maximum atomic E-state index is 5.73. The molecule has 2 aromatic heterocycles. The molecular formula is C12H16N4S. The summed E-state index contributed by atoms with van der Waals surface area (Å²) in [7, 11) is 0. The van der Waals surface area contributed by atoms with Gasteiger partial charge in [-0.1, -0.05) is 13.3 Å².